The number of hydrogen-bond acceptors (Lipinski definition) is 1. The van der Waals surface area contributed by atoms with E-state index in [0.29, 0.717) is 5.92 Å². The van der Waals surface area contributed by atoms with Crippen LogP contribution in [0, 0.1) is 6.92 Å². The fourth-order valence-electron chi connectivity index (χ4n) is 2.45. The topological polar surface area (TPSA) is 12.0 Å². The van der Waals surface area contributed by atoms with Crippen molar-refractivity contribution < 1.29 is 0 Å². The predicted molar refractivity (Wildman–Crippen MR) is 85.3 cm³/mol. The molecule has 0 bridgehead atoms. The van der Waals surface area contributed by atoms with E-state index in [1.54, 1.807) is 0 Å². The van der Waals surface area contributed by atoms with Gasteiger partial charge in [-0.05, 0) is 43.6 Å². The minimum absolute atomic E-state index is 0. The summed E-state index contributed by atoms with van der Waals surface area (Å²) in [5, 5.41) is 3.26. The van der Waals surface area contributed by atoms with Crippen LogP contribution in [0.25, 0.3) is 0 Å². The Hall–Kier alpha value is -1.31. The van der Waals surface area contributed by atoms with Crippen molar-refractivity contribution in [3.63, 3.8) is 0 Å². The van der Waals surface area contributed by atoms with Crippen molar-refractivity contribution >= 4 is 12.4 Å². The second-order valence-electron chi connectivity index (χ2n) is 4.71. The summed E-state index contributed by atoms with van der Waals surface area (Å²) in [6.07, 6.45) is 1.13. The zero-order chi connectivity index (χ0) is 12.8. The van der Waals surface area contributed by atoms with Crippen LogP contribution in [-0.4, -0.2) is 13.6 Å². The molecule has 0 aliphatic rings. The Kier molecular flexibility index (Phi) is 6.61. The van der Waals surface area contributed by atoms with Crippen LogP contribution in [0.2, 0.25) is 0 Å². The summed E-state index contributed by atoms with van der Waals surface area (Å²) < 4.78 is 0. The Morgan fingerprint density at radius 1 is 0.947 bits per heavy atom. The monoisotopic (exact) mass is 275 g/mol. The standard InChI is InChI=1S/C17H21N.ClH/c1-14-8-6-7-11-16(14)17(12-13-18-2)15-9-4-3-5-10-15;/h3-11,17-18H,12-13H2,1-2H3;1H. The molecule has 1 N–H and O–H groups in total. The van der Waals surface area contributed by atoms with Gasteiger partial charge in [0.05, 0.1) is 0 Å². The number of nitrogens with one attached hydrogen (secondary N) is 1. The van der Waals surface area contributed by atoms with Crippen LogP contribution in [0.3, 0.4) is 0 Å². The number of hydrogen-bond donors (Lipinski definition) is 1. The maximum absolute atomic E-state index is 3.26. The maximum atomic E-state index is 3.26. The first kappa shape index (κ1) is 15.7. The van der Waals surface area contributed by atoms with Gasteiger partial charge in [0.1, 0.15) is 0 Å². The zero-order valence-corrected chi connectivity index (χ0v) is 12.4. The zero-order valence-electron chi connectivity index (χ0n) is 11.6. The van der Waals surface area contributed by atoms with Crippen LogP contribution in [0.4, 0.5) is 0 Å². The summed E-state index contributed by atoms with van der Waals surface area (Å²) in [4.78, 5) is 0. The third kappa shape index (κ3) is 4.09. The molecule has 1 unspecified atom stereocenters. The fraction of sp³-hybridized carbons (Fsp3) is 0.294. The highest BCUT2D eigenvalue weighted by molar-refractivity contribution is 5.85. The molecule has 2 aromatic carbocycles. The molecule has 0 saturated heterocycles. The average Bonchev–Trinajstić information content (AvgIpc) is 2.42. The van der Waals surface area contributed by atoms with Gasteiger partial charge < -0.3 is 5.32 Å². The molecule has 0 aliphatic carbocycles. The third-order valence-electron chi connectivity index (χ3n) is 3.45. The van der Waals surface area contributed by atoms with Crippen molar-refractivity contribution in [2.75, 3.05) is 13.6 Å². The molecule has 0 amide bonds. The van der Waals surface area contributed by atoms with E-state index in [0.717, 1.165) is 13.0 Å². The highest BCUT2D eigenvalue weighted by Gasteiger charge is 2.14. The van der Waals surface area contributed by atoms with E-state index in [1.165, 1.54) is 16.7 Å². The Bertz CT molecular complexity index is 482. The summed E-state index contributed by atoms with van der Waals surface area (Å²) in [5.41, 5.74) is 4.23. The van der Waals surface area contributed by atoms with Crippen LogP contribution in [-0.2, 0) is 0 Å². The quantitative estimate of drug-likeness (QED) is 0.864. The molecule has 102 valence electrons. The minimum atomic E-state index is 0. The molecule has 1 atom stereocenters. The molecule has 0 radical (unpaired) electrons. The highest BCUT2D eigenvalue weighted by Crippen LogP contribution is 2.29. The number of halogens is 1. The molecule has 0 fully saturated rings. The van der Waals surface area contributed by atoms with E-state index in [2.05, 4.69) is 66.8 Å². The van der Waals surface area contributed by atoms with Gasteiger partial charge in [-0.2, -0.15) is 0 Å². The van der Waals surface area contributed by atoms with Crippen molar-refractivity contribution in [1.29, 1.82) is 0 Å². The van der Waals surface area contributed by atoms with E-state index < -0.39 is 0 Å². The maximum Gasteiger partial charge on any atom is 0.0104 e. The first-order chi connectivity index (χ1) is 8.83. The Labute approximate surface area is 122 Å². The second-order valence-corrected chi connectivity index (χ2v) is 4.71. The van der Waals surface area contributed by atoms with Crippen molar-refractivity contribution in [3.8, 4) is 0 Å². The summed E-state index contributed by atoms with van der Waals surface area (Å²) >= 11 is 0. The lowest BCUT2D eigenvalue weighted by Gasteiger charge is -2.20. The molecule has 0 aliphatic heterocycles. The summed E-state index contributed by atoms with van der Waals surface area (Å²) in [7, 11) is 2.01. The van der Waals surface area contributed by atoms with Gasteiger partial charge in [0.15, 0.2) is 0 Å². The minimum Gasteiger partial charge on any atom is -0.320 e. The van der Waals surface area contributed by atoms with Gasteiger partial charge >= 0.3 is 0 Å². The van der Waals surface area contributed by atoms with E-state index >= 15 is 0 Å². The lowest BCUT2D eigenvalue weighted by Crippen LogP contribution is -2.13. The smallest absolute Gasteiger partial charge is 0.0104 e. The van der Waals surface area contributed by atoms with Crippen LogP contribution in [0.1, 0.15) is 29.0 Å². The van der Waals surface area contributed by atoms with Gasteiger partial charge in [0.2, 0.25) is 0 Å². The van der Waals surface area contributed by atoms with Gasteiger partial charge in [-0.25, -0.2) is 0 Å². The van der Waals surface area contributed by atoms with Crippen molar-refractivity contribution in [1.82, 2.24) is 5.32 Å². The van der Waals surface area contributed by atoms with E-state index in [4.69, 9.17) is 0 Å². The molecule has 0 spiro atoms. The van der Waals surface area contributed by atoms with Gasteiger partial charge in [-0.15, -0.1) is 12.4 Å². The van der Waals surface area contributed by atoms with Crippen molar-refractivity contribution in [2.24, 2.45) is 0 Å². The molecule has 0 saturated carbocycles. The lowest BCUT2D eigenvalue weighted by atomic mass is 9.86. The Morgan fingerprint density at radius 2 is 1.58 bits per heavy atom. The molecule has 2 rings (SSSR count). The largest absolute Gasteiger partial charge is 0.320 e. The van der Waals surface area contributed by atoms with Gasteiger partial charge in [-0.1, -0.05) is 54.6 Å². The lowest BCUT2D eigenvalue weighted by molar-refractivity contribution is 0.659. The molecule has 0 aromatic heterocycles. The van der Waals surface area contributed by atoms with E-state index in [9.17, 15) is 0 Å². The highest BCUT2D eigenvalue weighted by atomic mass is 35.5. The average molecular weight is 276 g/mol. The summed E-state index contributed by atoms with van der Waals surface area (Å²) in [6.45, 7) is 3.23. The third-order valence-corrected chi connectivity index (χ3v) is 3.45. The first-order valence-electron chi connectivity index (χ1n) is 6.58. The van der Waals surface area contributed by atoms with E-state index in [1.807, 2.05) is 7.05 Å². The molecular formula is C17H22ClN. The van der Waals surface area contributed by atoms with Crippen molar-refractivity contribution in [2.45, 2.75) is 19.3 Å². The molecule has 2 aromatic rings. The fourth-order valence-corrected chi connectivity index (χ4v) is 2.45. The molecular weight excluding hydrogens is 254 g/mol. The molecule has 0 heterocycles. The van der Waals surface area contributed by atoms with Gasteiger partial charge in [-0.3, -0.25) is 0 Å². The van der Waals surface area contributed by atoms with Gasteiger partial charge in [0.25, 0.3) is 0 Å². The van der Waals surface area contributed by atoms with Crippen LogP contribution >= 0.6 is 12.4 Å². The Morgan fingerprint density at radius 3 is 2.21 bits per heavy atom. The number of rotatable bonds is 5. The second kappa shape index (κ2) is 7.98. The summed E-state index contributed by atoms with van der Waals surface area (Å²) in [5.74, 6) is 0.486. The first-order valence-corrected chi connectivity index (χ1v) is 6.58. The number of benzene rings is 2. The normalized spacial score (nSPS) is 11.7. The SMILES string of the molecule is CNCCC(c1ccccc1)c1ccccc1C.Cl. The van der Waals surface area contributed by atoms with Crippen LogP contribution in [0.15, 0.2) is 54.6 Å². The predicted octanol–water partition coefficient (Wildman–Crippen LogP) is 4.16. The molecule has 19 heavy (non-hydrogen) atoms. The molecule has 2 heteroatoms. The van der Waals surface area contributed by atoms with Gasteiger partial charge in [0, 0.05) is 5.92 Å². The van der Waals surface area contributed by atoms with Crippen molar-refractivity contribution in [3.05, 3.63) is 71.3 Å². The Balaban J connectivity index is 0.00000180. The summed E-state index contributed by atoms with van der Waals surface area (Å²) in [6, 6.07) is 19.5. The van der Waals surface area contributed by atoms with Crippen LogP contribution < -0.4 is 5.32 Å². The number of aryl methyl sites for hydroxylation is 1. The van der Waals surface area contributed by atoms with E-state index in [-0.39, 0.29) is 12.4 Å². The van der Waals surface area contributed by atoms with Crippen LogP contribution in [0.5, 0.6) is 0 Å². The molecule has 1 nitrogen and oxygen atoms in total.